The van der Waals surface area contributed by atoms with Crippen molar-refractivity contribution in [1.29, 1.82) is 0 Å². The standard InChI is InChI=1S/C15H30N2O2/c1-8-15(6,19-7)12(18)16-11-9-13(2,3)17-14(4,5)10-11/h11,17H,8-10H2,1-7H3,(H,16,18). The molecule has 1 aliphatic heterocycles. The fraction of sp³-hybridized carbons (Fsp3) is 0.933. The zero-order valence-corrected chi connectivity index (χ0v) is 13.5. The van der Waals surface area contributed by atoms with E-state index in [1.165, 1.54) is 0 Å². The van der Waals surface area contributed by atoms with E-state index in [1.54, 1.807) is 7.11 Å². The van der Waals surface area contributed by atoms with Crippen molar-refractivity contribution in [1.82, 2.24) is 10.6 Å². The molecule has 1 saturated heterocycles. The van der Waals surface area contributed by atoms with Crippen molar-refractivity contribution in [2.75, 3.05) is 7.11 Å². The lowest BCUT2D eigenvalue weighted by Crippen LogP contribution is -2.63. The summed E-state index contributed by atoms with van der Waals surface area (Å²) in [6.07, 6.45) is 2.55. The van der Waals surface area contributed by atoms with Crippen LogP contribution < -0.4 is 10.6 Å². The Bertz CT molecular complexity index is 317. The smallest absolute Gasteiger partial charge is 0.252 e. The van der Waals surface area contributed by atoms with Crippen LogP contribution in [0.2, 0.25) is 0 Å². The first-order valence-electron chi connectivity index (χ1n) is 7.19. The van der Waals surface area contributed by atoms with Crippen LogP contribution in [0.5, 0.6) is 0 Å². The van der Waals surface area contributed by atoms with Gasteiger partial charge in [-0.2, -0.15) is 0 Å². The summed E-state index contributed by atoms with van der Waals surface area (Å²) in [6.45, 7) is 12.6. The molecule has 2 N–H and O–H groups in total. The molecule has 1 aliphatic rings. The first kappa shape index (κ1) is 16.4. The van der Waals surface area contributed by atoms with E-state index in [0.717, 1.165) is 12.8 Å². The average Bonchev–Trinajstić information content (AvgIpc) is 2.23. The first-order chi connectivity index (χ1) is 8.53. The Labute approximate surface area is 117 Å². The molecule has 0 radical (unpaired) electrons. The lowest BCUT2D eigenvalue weighted by atomic mass is 9.79. The topological polar surface area (TPSA) is 50.4 Å². The molecule has 1 atom stereocenters. The van der Waals surface area contributed by atoms with E-state index < -0.39 is 5.60 Å². The van der Waals surface area contributed by atoms with Gasteiger partial charge in [-0.3, -0.25) is 4.79 Å². The molecule has 4 nitrogen and oxygen atoms in total. The van der Waals surface area contributed by atoms with Crippen molar-refractivity contribution in [2.24, 2.45) is 0 Å². The third-order valence-electron chi connectivity index (χ3n) is 4.13. The van der Waals surface area contributed by atoms with Crippen molar-refractivity contribution in [3.63, 3.8) is 0 Å². The molecule has 0 aromatic rings. The van der Waals surface area contributed by atoms with Gasteiger partial charge in [-0.25, -0.2) is 0 Å². The van der Waals surface area contributed by atoms with Crippen molar-refractivity contribution in [3.05, 3.63) is 0 Å². The van der Waals surface area contributed by atoms with Gasteiger partial charge in [0.05, 0.1) is 0 Å². The van der Waals surface area contributed by atoms with Crippen molar-refractivity contribution < 1.29 is 9.53 Å². The Morgan fingerprint density at radius 1 is 1.32 bits per heavy atom. The fourth-order valence-corrected chi connectivity index (χ4v) is 3.16. The molecule has 1 amide bonds. The van der Waals surface area contributed by atoms with E-state index in [0.29, 0.717) is 6.42 Å². The van der Waals surface area contributed by atoms with E-state index in [4.69, 9.17) is 4.74 Å². The van der Waals surface area contributed by atoms with Gasteiger partial charge in [-0.15, -0.1) is 0 Å². The molecule has 1 rings (SSSR count). The van der Waals surface area contributed by atoms with Crippen LogP contribution in [0.4, 0.5) is 0 Å². The number of nitrogens with one attached hydrogen (secondary N) is 2. The quantitative estimate of drug-likeness (QED) is 0.823. The normalized spacial score (nSPS) is 25.6. The molecule has 1 heterocycles. The Balaban J connectivity index is 2.74. The third kappa shape index (κ3) is 4.18. The summed E-state index contributed by atoms with van der Waals surface area (Å²) in [5, 5.41) is 6.79. The van der Waals surface area contributed by atoms with E-state index in [1.807, 2.05) is 13.8 Å². The number of hydrogen-bond acceptors (Lipinski definition) is 3. The Kier molecular flexibility index (Phi) is 4.68. The van der Waals surface area contributed by atoms with E-state index in [2.05, 4.69) is 38.3 Å². The monoisotopic (exact) mass is 270 g/mol. The van der Waals surface area contributed by atoms with Gasteiger partial charge in [0, 0.05) is 24.2 Å². The van der Waals surface area contributed by atoms with Crippen molar-refractivity contribution in [2.45, 2.75) is 83.5 Å². The number of hydrogen-bond donors (Lipinski definition) is 2. The zero-order valence-electron chi connectivity index (χ0n) is 13.5. The summed E-state index contributed by atoms with van der Waals surface area (Å²) >= 11 is 0. The van der Waals surface area contributed by atoms with Crippen LogP contribution in [0, 0.1) is 0 Å². The van der Waals surface area contributed by atoms with Crippen LogP contribution in [0.3, 0.4) is 0 Å². The van der Waals surface area contributed by atoms with Crippen molar-refractivity contribution in [3.8, 4) is 0 Å². The SMILES string of the molecule is CCC(C)(OC)C(=O)NC1CC(C)(C)NC(C)(C)C1. The van der Waals surface area contributed by atoms with Crippen LogP contribution in [0.15, 0.2) is 0 Å². The Morgan fingerprint density at radius 2 is 1.79 bits per heavy atom. The highest BCUT2D eigenvalue weighted by Gasteiger charge is 2.40. The summed E-state index contributed by atoms with van der Waals surface area (Å²) in [5.74, 6) is -0.00370. The van der Waals surface area contributed by atoms with Crippen LogP contribution >= 0.6 is 0 Å². The number of amides is 1. The molecule has 0 aliphatic carbocycles. The molecule has 0 spiro atoms. The van der Waals surface area contributed by atoms with E-state index >= 15 is 0 Å². The predicted molar refractivity (Wildman–Crippen MR) is 78.2 cm³/mol. The second kappa shape index (κ2) is 5.41. The second-order valence-electron chi connectivity index (χ2n) is 7.26. The summed E-state index contributed by atoms with van der Waals surface area (Å²) in [7, 11) is 1.60. The van der Waals surface area contributed by atoms with Crippen LogP contribution in [0.25, 0.3) is 0 Å². The maximum Gasteiger partial charge on any atom is 0.252 e. The molecule has 112 valence electrons. The number of rotatable bonds is 4. The van der Waals surface area contributed by atoms with Gasteiger partial charge < -0.3 is 15.4 Å². The minimum Gasteiger partial charge on any atom is -0.369 e. The number of carbonyl (C=O) groups is 1. The lowest BCUT2D eigenvalue weighted by Gasteiger charge is -2.47. The molecule has 1 unspecified atom stereocenters. The molecular weight excluding hydrogens is 240 g/mol. The zero-order chi connectivity index (χ0) is 14.9. The Morgan fingerprint density at radius 3 is 2.16 bits per heavy atom. The van der Waals surface area contributed by atoms with Gasteiger partial charge in [0.1, 0.15) is 5.60 Å². The highest BCUT2D eigenvalue weighted by atomic mass is 16.5. The molecule has 4 heteroatoms. The molecule has 0 bridgehead atoms. The summed E-state index contributed by atoms with van der Waals surface area (Å²) in [6, 6.07) is 0.194. The number of carbonyl (C=O) groups excluding carboxylic acids is 1. The van der Waals surface area contributed by atoms with Crippen LogP contribution in [0.1, 0.15) is 60.8 Å². The summed E-state index contributed by atoms with van der Waals surface area (Å²) < 4.78 is 5.37. The third-order valence-corrected chi connectivity index (χ3v) is 4.13. The van der Waals surface area contributed by atoms with Gasteiger partial charge in [0.15, 0.2) is 0 Å². The van der Waals surface area contributed by atoms with Crippen molar-refractivity contribution >= 4 is 5.91 Å². The average molecular weight is 270 g/mol. The minimum absolute atomic E-state index is 0.00370. The molecular formula is C15H30N2O2. The van der Waals surface area contributed by atoms with Gasteiger partial charge >= 0.3 is 0 Å². The predicted octanol–water partition coefficient (Wildman–Crippen LogP) is 2.23. The van der Waals surface area contributed by atoms with Gasteiger partial charge in [-0.1, -0.05) is 6.92 Å². The number of methoxy groups -OCH3 is 1. The molecule has 0 aromatic carbocycles. The first-order valence-corrected chi connectivity index (χ1v) is 7.19. The number of ether oxygens (including phenoxy) is 1. The van der Waals surface area contributed by atoms with Crippen LogP contribution in [-0.4, -0.2) is 35.7 Å². The number of piperidine rings is 1. The van der Waals surface area contributed by atoms with Gasteiger partial charge in [-0.05, 0) is 53.9 Å². The molecule has 0 aromatic heterocycles. The van der Waals surface area contributed by atoms with E-state index in [-0.39, 0.29) is 23.0 Å². The molecule has 0 saturated carbocycles. The fourth-order valence-electron chi connectivity index (χ4n) is 3.16. The maximum absolute atomic E-state index is 12.4. The van der Waals surface area contributed by atoms with Gasteiger partial charge in [0.25, 0.3) is 5.91 Å². The van der Waals surface area contributed by atoms with Gasteiger partial charge in [0.2, 0.25) is 0 Å². The second-order valence-corrected chi connectivity index (χ2v) is 7.26. The largest absolute Gasteiger partial charge is 0.369 e. The summed E-state index contributed by atoms with van der Waals surface area (Å²) in [4.78, 5) is 12.4. The molecule has 19 heavy (non-hydrogen) atoms. The minimum atomic E-state index is -0.723. The summed E-state index contributed by atoms with van der Waals surface area (Å²) in [5.41, 5.74) is -0.649. The maximum atomic E-state index is 12.4. The van der Waals surface area contributed by atoms with Crippen LogP contribution in [-0.2, 0) is 9.53 Å². The highest BCUT2D eigenvalue weighted by Crippen LogP contribution is 2.29. The van der Waals surface area contributed by atoms with E-state index in [9.17, 15) is 4.79 Å². The molecule has 1 fully saturated rings. The lowest BCUT2D eigenvalue weighted by molar-refractivity contribution is -0.143. The highest BCUT2D eigenvalue weighted by molar-refractivity contribution is 5.85. The Hall–Kier alpha value is -0.610.